The molecule has 7 heteroatoms. The third-order valence-electron chi connectivity index (χ3n) is 4.52. The summed E-state index contributed by atoms with van der Waals surface area (Å²) < 4.78 is 27.1. The van der Waals surface area contributed by atoms with Crippen LogP contribution in [0, 0.1) is 5.41 Å². The van der Waals surface area contributed by atoms with E-state index in [1.54, 1.807) is 18.2 Å². The minimum atomic E-state index is -3.53. The largest absolute Gasteiger partial charge is 0.351 e. The fraction of sp³-hybridized carbons (Fsp3) is 0.632. The summed E-state index contributed by atoms with van der Waals surface area (Å²) in [4.78, 5) is 14.8. The molecule has 0 aliphatic carbocycles. The molecule has 0 bridgehead atoms. The van der Waals surface area contributed by atoms with Gasteiger partial charge in [-0.2, -0.15) is 4.31 Å². The quantitative estimate of drug-likeness (QED) is 0.786. The van der Waals surface area contributed by atoms with Crippen molar-refractivity contribution in [1.29, 1.82) is 0 Å². The number of nitrogens with one attached hydrogen (secondary N) is 1. The molecule has 0 saturated carbocycles. The molecule has 0 spiro atoms. The van der Waals surface area contributed by atoms with Crippen molar-refractivity contribution in [3.05, 3.63) is 29.8 Å². The number of piperidine rings is 1. The van der Waals surface area contributed by atoms with E-state index in [-0.39, 0.29) is 16.2 Å². The van der Waals surface area contributed by atoms with E-state index >= 15 is 0 Å². The van der Waals surface area contributed by atoms with Crippen molar-refractivity contribution in [2.45, 2.75) is 38.0 Å². The number of amides is 1. The maximum absolute atomic E-state index is 12.8. The lowest BCUT2D eigenvalue weighted by molar-refractivity contribution is 0.0929. The highest BCUT2D eigenvalue weighted by atomic mass is 32.2. The van der Waals surface area contributed by atoms with Gasteiger partial charge in [-0.1, -0.05) is 26.3 Å². The van der Waals surface area contributed by atoms with E-state index in [1.807, 2.05) is 14.1 Å². The van der Waals surface area contributed by atoms with Gasteiger partial charge in [0, 0.05) is 31.7 Å². The van der Waals surface area contributed by atoms with Crippen LogP contribution in [0.3, 0.4) is 0 Å². The molecule has 0 atom stereocenters. The average Bonchev–Trinajstić information content (AvgIpc) is 2.59. The first-order valence-electron chi connectivity index (χ1n) is 9.15. The van der Waals surface area contributed by atoms with Gasteiger partial charge in [0.2, 0.25) is 10.0 Å². The van der Waals surface area contributed by atoms with E-state index < -0.39 is 10.0 Å². The van der Waals surface area contributed by atoms with Gasteiger partial charge in [-0.3, -0.25) is 4.79 Å². The van der Waals surface area contributed by atoms with E-state index in [2.05, 4.69) is 24.1 Å². The molecule has 1 aliphatic rings. The normalized spacial score (nSPS) is 16.7. The summed E-state index contributed by atoms with van der Waals surface area (Å²) in [5, 5.41) is 2.93. The summed E-state index contributed by atoms with van der Waals surface area (Å²) in [5.74, 6) is -0.243. The summed E-state index contributed by atoms with van der Waals surface area (Å²) in [6, 6.07) is 6.34. The molecular weight excluding hydrogens is 350 g/mol. The molecule has 1 aromatic carbocycles. The predicted octanol–water partition coefficient (Wildman–Crippen LogP) is 2.18. The molecule has 1 aromatic rings. The van der Waals surface area contributed by atoms with Crippen LogP contribution in [-0.4, -0.2) is 63.8 Å². The molecule has 6 nitrogen and oxygen atoms in total. The van der Waals surface area contributed by atoms with Gasteiger partial charge in [-0.05, 0) is 50.6 Å². The Kier molecular flexibility index (Phi) is 6.82. The molecule has 26 heavy (non-hydrogen) atoms. The number of carbonyl (C=O) groups is 1. The molecular formula is C19H31N3O3S. The Morgan fingerprint density at radius 1 is 1.19 bits per heavy atom. The molecule has 0 unspecified atom stereocenters. The second-order valence-corrected chi connectivity index (χ2v) is 10.0. The minimum absolute atomic E-state index is 0.0728. The second-order valence-electron chi connectivity index (χ2n) is 8.08. The first-order chi connectivity index (χ1) is 12.1. The topological polar surface area (TPSA) is 69.7 Å². The SMILES string of the molecule is CN(C)CC(C)(C)CNC(=O)c1cccc(S(=O)(=O)N2CCCCC2)c1. The van der Waals surface area contributed by atoms with Crippen molar-refractivity contribution in [3.63, 3.8) is 0 Å². The van der Waals surface area contributed by atoms with Crippen LogP contribution < -0.4 is 5.32 Å². The van der Waals surface area contributed by atoms with Crippen LogP contribution in [0.15, 0.2) is 29.2 Å². The lowest BCUT2D eigenvalue weighted by Crippen LogP contribution is -2.40. The van der Waals surface area contributed by atoms with E-state index in [0.29, 0.717) is 25.2 Å². The number of nitrogens with zero attached hydrogens (tertiary/aromatic N) is 2. The number of hydrogen-bond acceptors (Lipinski definition) is 4. The highest BCUT2D eigenvalue weighted by Gasteiger charge is 2.27. The average molecular weight is 382 g/mol. The molecule has 0 radical (unpaired) electrons. The standard InChI is InChI=1S/C19H31N3O3S/c1-19(2,15-21(3)4)14-20-18(23)16-9-8-10-17(13-16)26(24,25)22-11-6-5-7-12-22/h8-10,13H,5-7,11-12,14-15H2,1-4H3,(H,20,23). The van der Waals surface area contributed by atoms with Gasteiger partial charge in [0.25, 0.3) is 5.91 Å². The van der Waals surface area contributed by atoms with Gasteiger partial charge in [0.05, 0.1) is 4.90 Å². The molecule has 1 heterocycles. The summed E-state index contributed by atoms with van der Waals surface area (Å²) in [5.41, 5.74) is 0.306. The summed E-state index contributed by atoms with van der Waals surface area (Å²) in [6.07, 6.45) is 2.85. The number of benzene rings is 1. The van der Waals surface area contributed by atoms with Gasteiger partial charge < -0.3 is 10.2 Å². The van der Waals surface area contributed by atoms with Crippen LogP contribution in [-0.2, 0) is 10.0 Å². The Bertz CT molecular complexity index is 723. The molecule has 1 N–H and O–H groups in total. The Balaban J connectivity index is 2.09. The Hall–Kier alpha value is -1.44. The van der Waals surface area contributed by atoms with Crippen LogP contribution in [0.5, 0.6) is 0 Å². The number of hydrogen-bond donors (Lipinski definition) is 1. The maximum atomic E-state index is 12.8. The zero-order valence-electron chi connectivity index (χ0n) is 16.3. The zero-order chi connectivity index (χ0) is 19.4. The maximum Gasteiger partial charge on any atom is 0.251 e. The van der Waals surface area contributed by atoms with Crippen molar-refractivity contribution >= 4 is 15.9 Å². The van der Waals surface area contributed by atoms with Gasteiger partial charge in [0.15, 0.2) is 0 Å². The smallest absolute Gasteiger partial charge is 0.251 e. The number of rotatable bonds is 7. The Morgan fingerprint density at radius 2 is 1.85 bits per heavy atom. The third kappa shape index (κ3) is 5.53. The highest BCUT2D eigenvalue weighted by Crippen LogP contribution is 2.21. The van der Waals surface area contributed by atoms with Crippen LogP contribution in [0.25, 0.3) is 0 Å². The third-order valence-corrected chi connectivity index (χ3v) is 6.42. The van der Waals surface area contributed by atoms with Gasteiger partial charge in [-0.25, -0.2) is 8.42 Å². The summed E-state index contributed by atoms with van der Waals surface area (Å²) >= 11 is 0. The molecule has 1 aliphatic heterocycles. The van der Waals surface area contributed by atoms with Crippen molar-refractivity contribution in [1.82, 2.24) is 14.5 Å². The Morgan fingerprint density at radius 3 is 2.46 bits per heavy atom. The van der Waals surface area contributed by atoms with Crippen molar-refractivity contribution < 1.29 is 13.2 Å². The lowest BCUT2D eigenvalue weighted by Gasteiger charge is -2.28. The molecule has 1 amide bonds. The number of carbonyl (C=O) groups excluding carboxylic acids is 1. The molecule has 0 aromatic heterocycles. The zero-order valence-corrected chi connectivity index (χ0v) is 17.1. The fourth-order valence-electron chi connectivity index (χ4n) is 3.39. The van der Waals surface area contributed by atoms with Crippen LogP contribution >= 0.6 is 0 Å². The second kappa shape index (κ2) is 8.50. The lowest BCUT2D eigenvalue weighted by atomic mass is 9.93. The van der Waals surface area contributed by atoms with Crippen molar-refractivity contribution in [2.75, 3.05) is 40.3 Å². The predicted molar refractivity (Wildman–Crippen MR) is 104 cm³/mol. The summed E-state index contributed by atoms with van der Waals surface area (Å²) in [6.45, 7) is 6.65. The molecule has 1 fully saturated rings. The van der Waals surface area contributed by atoms with E-state index in [0.717, 1.165) is 25.8 Å². The van der Waals surface area contributed by atoms with E-state index in [1.165, 1.54) is 10.4 Å². The highest BCUT2D eigenvalue weighted by molar-refractivity contribution is 7.89. The first kappa shape index (κ1) is 20.9. The monoisotopic (exact) mass is 381 g/mol. The Labute approximate surface area is 157 Å². The molecule has 2 rings (SSSR count). The van der Waals surface area contributed by atoms with Crippen LogP contribution in [0.1, 0.15) is 43.5 Å². The van der Waals surface area contributed by atoms with Gasteiger partial charge in [-0.15, -0.1) is 0 Å². The van der Waals surface area contributed by atoms with Crippen molar-refractivity contribution in [2.24, 2.45) is 5.41 Å². The fourth-order valence-corrected chi connectivity index (χ4v) is 4.95. The summed E-state index contributed by atoms with van der Waals surface area (Å²) in [7, 11) is 0.466. The van der Waals surface area contributed by atoms with Crippen LogP contribution in [0.4, 0.5) is 0 Å². The molecule has 1 saturated heterocycles. The molecule has 146 valence electrons. The first-order valence-corrected chi connectivity index (χ1v) is 10.6. The number of sulfonamides is 1. The van der Waals surface area contributed by atoms with Crippen LogP contribution in [0.2, 0.25) is 0 Å². The van der Waals surface area contributed by atoms with E-state index in [9.17, 15) is 13.2 Å². The van der Waals surface area contributed by atoms with Gasteiger partial charge >= 0.3 is 0 Å². The van der Waals surface area contributed by atoms with E-state index in [4.69, 9.17) is 0 Å². The van der Waals surface area contributed by atoms with Gasteiger partial charge in [0.1, 0.15) is 0 Å². The van der Waals surface area contributed by atoms with Crippen molar-refractivity contribution in [3.8, 4) is 0 Å². The minimum Gasteiger partial charge on any atom is -0.351 e.